The van der Waals surface area contributed by atoms with E-state index in [2.05, 4.69) is 24.3 Å². The first kappa shape index (κ1) is 17.6. The van der Waals surface area contributed by atoms with Crippen molar-refractivity contribution in [3.05, 3.63) is 39.2 Å². The molecule has 4 rings (SSSR count). The van der Waals surface area contributed by atoms with E-state index < -0.39 is 5.97 Å². The number of hydrazine groups is 1. The molecule has 1 aliphatic carbocycles. The summed E-state index contributed by atoms with van der Waals surface area (Å²) in [5.74, 6) is 4.72. The second kappa shape index (κ2) is 6.42. The number of hydrogen-bond donors (Lipinski definition) is 3. The van der Waals surface area contributed by atoms with Crippen molar-refractivity contribution in [3.63, 3.8) is 0 Å². The number of nitrogens with two attached hydrogens (primary N) is 1. The van der Waals surface area contributed by atoms with E-state index >= 15 is 0 Å². The van der Waals surface area contributed by atoms with Crippen LogP contribution >= 0.6 is 22.7 Å². The molecule has 0 bridgehead atoms. The first-order valence-electron chi connectivity index (χ1n) is 8.58. The van der Waals surface area contributed by atoms with Gasteiger partial charge in [-0.05, 0) is 47.3 Å². The first-order valence-corrected chi connectivity index (χ1v) is 10.3. The van der Waals surface area contributed by atoms with Crippen molar-refractivity contribution < 1.29 is 9.90 Å². The maximum absolute atomic E-state index is 12.2. The molecular weight excluding hydrogens is 366 g/mol. The fraction of sp³-hybridized carbons (Fsp3) is 0.368. The minimum Gasteiger partial charge on any atom is -0.478 e. The van der Waals surface area contributed by atoms with Gasteiger partial charge in [-0.25, -0.2) is 9.78 Å². The molecule has 4 N–H and O–H groups in total. The zero-order valence-electron chi connectivity index (χ0n) is 14.8. The van der Waals surface area contributed by atoms with Crippen molar-refractivity contribution in [1.29, 1.82) is 0 Å². The highest BCUT2D eigenvalue weighted by molar-refractivity contribution is 7.17. The number of carbonyl (C=O) groups is 1. The van der Waals surface area contributed by atoms with Gasteiger partial charge >= 0.3 is 5.97 Å². The number of pyridine rings is 1. The molecule has 0 radical (unpaired) electrons. The summed E-state index contributed by atoms with van der Waals surface area (Å²) in [6.45, 7) is 4.87. The Labute approximate surface area is 159 Å². The van der Waals surface area contributed by atoms with Gasteiger partial charge in [-0.15, -0.1) is 22.7 Å². The number of aryl methyl sites for hydroxylation is 1. The van der Waals surface area contributed by atoms with Crippen molar-refractivity contribution >= 4 is 38.9 Å². The molecule has 0 atom stereocenters. The number of carboxylic acid groups (broad SMARTS) is 1. The van der Waals surface area contributed by atoms with Crippen LogP contribution in [-0.2, 0) is 19.4 Å². The molecule has 0 spiro atoms. The maximum Gasteiger partial charge on any atom is 0.337 e. The fourth-order valence-corrected chi connectivity index (χ4v) is 5.95. The van der Waals surface area contributed by atoms with Crippen molar-refractivity contribution in [2.75, 3.05) is 0 Å². The first-order chi connectivity index (χ1) is 12.4. The van der Waals surface area contributed by atoms with E-state index in [1.165, 1.54) is 4.88 Å². The smallest absolute Gasteiger partial charge is 0.337 e. The minimum absolute atomic E-state index is 0.132. The molecule has 0 fully saturated rings. The predicted molar refractivity (Wildman–Crippen MR) is 107 cm³/mol. The van der Waals surface area contributed by atoms with Gasteiger partial charge in [-0.2, -0.15) is 0 Å². The van der Waals surface area contributed by atoms with Crippen LogP contribution in [0.2, 0.25) is 0 Å². The van der Waals surface area contributed by atoms with Crippen LogP contribution in [0.25, 0.3) is 20.7 Å². The van der Waals surface area contributed by atoms with Crippen LogP contribution in [0.1, 0.15) is 46.6 Å². The zero-order valence-corrected chi connectivity index (χ0v) is 16.4. The molecule has 7 heteroatoms. The molecule has 3 aromatic heterocycles. The summed E-state index contributed by atoms with van der Waals surface area (Å²) >= 11 is 3.20. The second-order valence-electron chi connectivity index (χ2n) is 7.53. The average molecular weight is 388 g/mol. The molecule has 3 heterocycles. The third kappa shape index (κ3) is 2.85. The normalized spacial score (nSPS) is 16.0. The lowest BCUT2D eigenvalue weighted by Crippen LogP contribution is -2.22. The monoisotopic (exact) mass is 387 g/mol. The lowest BCUT2D eigenvalue weighted by Gasteiger charge is -2.29. The predicted octanol–water partition coefficient (Wildman–Crippen LogP) is 4.20. The quantitative estimate of drug-likeness (QED) is 0.461. The Morgan fingerprint density at radius 2 is 2.27 bits per heavy atom. The van der Waals surface area contributed by atoms with Gasteiger partial charge in [0.1, 0.15) is 4.83 Å². The molecule has 0 aliphatic heterocycles. The Morgan fingerprint density at radius 3 is 3.00 bits per heavy atom. The number of carboxylic acids is 1. The summed E-state index contributed by atoms with van der Waals surface area (Å²) in [7, 11) is 0. The SMILES string of the molecule is CC1(C)CCc2sc(-c3c(CNN)cnc4sccc34)c(C(=O)O)c2C1. The van der Waals surface area contributed by atoms with Crippen LogP contribution in [0, 0.1) is 5.41 Å². The Hall–Kier alpha value is -1.80. The fourth-order valence-electron chi connectivity index (χ4n) is 3.80. The Kier molecular flexibility index (Phi) is 4.35. The molecule has 136 valence electrons. The van der Waals surface area contributed by atoms with Crippen molar-refractivity contribution in [3.8, 4) is 10.4 Å². The summed E-state index contributed by atoms with van der Waals surface area (Å²) in [6, 6.07) is 2.02. The zero-order chi connectivity index (χ0) is 18.5. The van der Waals surface area contributed by atoms with Gasteiger partial charge in [0.05, 0.1) is 10.4 Å². The Morgan fingerprint density at radius 1 is 1.46 bits per heavy atom. The Balaban J connectivity index is 2.01. The highest BCUT2D eigenvalue weighted by Gasteiger charge is 2.34. The number of nitrogens with one attached hydrogen (secondary N) is 1. The standard InChI is InChI=1S/C19H21N3O2S2/c1-19(2)5-3-13-12(7-19)15(18(23)24)16(26-13)14-10(9-22-20)8-21-17-11(14)4-6-25-17/h4,6,8,22H,3,5,7,9,20H2,1-2H3,(H,23,24). The van der Waals surface area contributed by atoms with Gasteiger partial charge in [0.25, 0.3) is 0 Å². The van der Waals surface area contributed by atoms with Crippen LogP contribution < -0.4 is 11.3 Å². The van der Waals surface area contributed by atoms with Crippen LogP contribution in [0.3, 0.4) is 0 Å². The van der Waals surface area contributed by atoms with Crippen molar-refractivity contribution in [2.24, 2.45) is 11.3 Å². The number of aromatic nitrogens is 1. The lowest BCUT2D eigenvalue weighted by molar-refractivity contribution is 0.0696. The van der Waals surface area contributed by atoms with E-state index in [-0.39, 0.29) is 5.41 Å². The summed E-state index contributed by atoms with van der Waals surface area (Å²) in [4.78, 5) is 19.7. The van der Waals surface area contributed by atoms with E-state index in [4.69, 9.17) is 5.84 Å². The summed E-state index contributed by atoms with van der Waals surface area (Å²) in [5, 5.41) is 13.0. The number of thiophene rings is 2. The number of aromatic carboxylic acids is 1. The number of rotatable bonds is 4. The molecule has 0 aromatic carbocycles. The van der Waals surface area contributed by atoms with Crippen LogP contribution in [0.5, 0.6) is 0 Å². The van der Waals surface area contributed by atoms with Crippen LogP contribution in [0.15, 0.2) is 17.6 Å². The number of fused-ring (bicyclic) bond motifs is 2. The van der Waals surface area contributed by atoms with Crippen molar-refractivity contribution in [1.82, 2.24) is 10.4 Å². The molecule has 5 nitrogen and oxygen atoms in total. The van der Waals surface area contributed by atoms with Crippen LogP contribution in [-0.4, -0.2) is 16.1 Å². The third-order valence-corrected chi connectivity index (χ3v) is 7.21. The summed E-state index contributed by atoms with van der Waals surface area (Å²) < 4.78 is 0. The third-order valence-electron chi connectivity index (χ3n) is 5.08. The maximum atomic E-state index is 12.2. The summed E-state index contributed by atoms with van der Waals surface area (Å²) in [6.07, 6.45) is 4.64. The van der Waals surface area contributed by atoms with E-state index in [1.807, 2.05) is 17.6 Å². The minimum atomic E-state index is -0.845. The van der Waals surface area contributed by atoms with E-state index in [0.717, 1.165) is 51.0 Å². The van der Waals surface area contributed by atoms with Gasteiger partial charge in [0.15, 0.2) is 0 Å². The summed E-state index contributed by atoms with van der Waals surface area (Å²) in [5.41, 5.74) is 6.20. The number of hydrogen-bond acceptors (Lipinski definition) is 6. The van der Waals surface area contributed by atoms with Gasteiger partial charge in [0, 0.05) is 28.6 Å². The van der Waals surface area contributed by atoms with E-state index in [1.54, 1.807) is 22.7 Å². The molecule has 1 aliphatic rings. The molecular formula is C19H21N3O2S2. The van der Waals surface area contributed by atoms with E-state index in [0.29, 0.717) is 12.1 Å². The lowest BCUT2D eigenvalue weighted by atomic mass is 9.76. The van der Waals surface area contributed by atoms with Crippen molar-refractivity contribution in [2.45, 2.75) is 39.7 Å². The largest absolute Gasteiger partial charge is 0.478 e. The van der Waals surface area contributed by atoms with E-state index in [9.17, 15) is 9.90 Å². The van der Waals surface area contributed by atoms with Gasteiger partial charge in [0.2, 0.25) is 0 Å². The molecule has 0 saturated heterocycles. The van der Waals surface area contributed by atoms with Gasteiger partial charge in [-0.1, -0.05) is 13.8 Å². The molecule has 0 unspecified atom stereocenters. The Bertz CT molecular complexity index is 1000. The number of nitrogens with zero attached hydrogens (tertiary/aromatic N) is 1. The second-order valence-corrected chi connectivity index (χ2v) is 9.53. The highest BCUT2D eigenvalue weighted by atomic mass is 32.1. The average Bonchev–Trinajstić information content (AvgIpc) is 3.17. The van der Waals surface area contributed by atoms with Gasteiger partial charge in [-0.3, -0.25) is 11.3 Å². The molecule has 0 saturated carbocycles. The van der Waals surface area contributed by atoms with Crippen LogP contribution in [0.4, 0.5) is 0 Å². The molecule has 26 heavy (non-hydrogen) atoms. The molecule has 0 amide bonds. The highest BCUT2D eigenvalue weighted by Crippen LogP contribution is 2.47. The topological polar surface area (TPSA) is 88.2 Å². The molecule has 3 aromatic rings. The van der Waals surface area contributed by atoms with Gasteiger partial charge < -0.3 is 5.11 Å².